The number of carbonyl (C=O) groups is 1. The summed E-state index contributed by atoms with van der Waals surface area (Å²) in [5.74, 6) is 0.739. The second-order valence-corrected chi connectivity index (χ2v) is 6.12. The van der Waals surface area contributed by atoms with E-state index in [1.54, 1.807) is 42.6 Å². The third-order valence-electron chi connectivity index (χ3n) is 3.85. The lowest BCUT2D eigenvalue weighted by molar-refractivity contribution is 0.102. The van der Waals surface area contributed by atoms with E-state index in [2.05, 4.69) is 15.6 Å². The summed E-state index contributed by atoms with van der Waals surface area (Å²) in [7, 11) is 0. The third kappa shape index (κ3) is 3.78. The maximum Gasteiger partial charge on any atom is 0.256 e. The summed E-state index contributed by atoms with van der Waals surface area (Å²) in [4.78, 5) is 16.5. The van der Waals surface area contributed by atoms with Crippen LogP contribution in [0.4, 0.5) is 21.6 Å². The molecule has 4 rings (SSSR count). The van der Waals surface area contributed by atoms with E-state index in [4.69, 9.17) is 21.1 Å². The van der Waals surface area contributed by atoms with E-state index in [-0.39, 0.29) is 17.7 Å². The molecule has 0 radical (unpaired) electrons. The quantitative estimate of drug-likeness (QED) is 0.686. The van der Waals surface area contributed by atoms with Crippen LogP contribution in [0.15, 0.2) is 54.7 Å². The van der Waals surface area contributed by atoms with Crippen LogP contribution in [-0.4, -0.2) is 17.7 Å². The Bertz CT molecular complexity index is 1010. The minimum atomic E-state index is -0.484. The van der Waals surface area contributed by atoms with Crippen molar-refractivity contribution < 1.29 is 18.7 Å². The Morgan fingerprint density at radius 3 is 2.63 bits per heavy atom. The molecule has 8 heteroatoms. The van der Waals surface area contributed by atoms with Gasteiger partial charge in [-0.3, -0.25) is 4.79 Å². The number of ether oxygens (including phenoxy) is 2. The number of anilines is 3. The van der Waals surface area contributed by atoms with E-state index in [0.717, 1.165) is 0 Å². The molecule has 3 aromatic rings. The van der Waals surface area contributed by atoms with Gasteiger partial charge in [0.1, 0.15) is 11.6 Å². The molecule has 0 aliphatic carbocycles. The van der Waals surface area contributed by atoms with Crippen molar-refractivity contribution in [2.75, 3.05) is 17.4 Å². The Kier molecular flexibility index (Phi) is 4.52. The number of hydrogen-bond donors (Lipinski definition) is 2. The lowest BCUT2D eigenvalue weighted by Gasteiger charge is -2.09. The number of aromatic nitrogens is 1. The second kappa shape index (κ2) is 7.13. The molecule has 0 unspecified atom stereocenters. The van der Waals surface area contributed by atoms with Crippen LogP contribution in [0.1, 0.15) is 10.4 Å². The summed E-state index contributed by atoms with van der Waals surface area (Å²) in [5.41, 5.74) is 1.73. The molecule has 6 nitrogen and oxygen atoms in total. The summed E-state index contributed by atoms with van der Waals surface area (Å²) >= 11 is 5.76. The highest BCUT2D eigenvalue weighted by molar-refractivity contribution is 6.31. The molecular formula is C19H13ClFN3O3. The van der Waals surface area contributed by atoms with E-state index in [1.165, 1.54) is 12.1 Å². The Morgan fingerprint density at radius 1 is 1.04 bits per heavy atom. The SMILES string of the molecule is O=C(Nc1ccc(Nc2ccc(F)c(Cl)c2)cn1)c1ccc2c(c1)OCO2. The smallest absolute Gasteiger partial charge is 0.256 e. The molecule has 1 aliphatic rings. The van der Waals surface area contributed by atoms with Crippen molar-refractivity contribution in [1.29, 1.82) is 0 Å². The van der Waals surface area contributed by atoms with Crippen LogP contribution in [0.3, 0.4) is 0 Å². The van der Waals surface area contributed by atoms with Crippen molar-refractivity contribution in [2.45, 2.75) is 0 Å². The average molecular weight is 386 g/mol. The van der Waals surface area contributed by atoms with E-state index in [9.17, 15) is 9.18 Å². The zero-order valence-electron chi connectivity index (χ0n) is 13.8. The van der Waals surface area contributed by atoms with E-state index in [1.807, 2.05) is 0 Å². The Morgan fingerprint density at radius 2 is 1.85 bits per heavy atom. The molecule has 0 fully saturated rings. The Labute approximate surface area is 158 Å². The van der Waals surface area contributed by atoms with Crippen molar-refractivity contribution in [3.63, 3.8) is 0 Å². The van der Waals surface area contributed by atoms with Gasteiger partial charge in [-0.2, -0.15) is 0 Å². The van der Waals surface area contributed by atoms with Gasteiger partial charge in [-0.15, -0.1) is 0 Å². The summed E-state index contributed by atoms with van der Waals surface area (Å²) in [6, 6.07) is 12.7. The van der Waals surface area contributed by atoms with E-state index in [0.29, 0.717) is 34.3 Å². The molecule has 2 aromatic carbocycles. The minimum Gasteiger partial charge on any atom is -0.454 e. The van der Waals surface area contributed by atoms with Crippen LogP contribution in [0.5, 0.6) is 11.5 Å². The lowest BCUT2D eigenvalue weighted by Crippen LogP contribution is -2.12. The van der Waals surface area contributed by atoms with Gasteiger partial charge in [0.2, 0.25) is 6.79 Å². The number of carbonyl (C=O) groups excluding carboxylic acids is 1. The van der Waals surface area contributed by atoms with Gasteiger partial charge in [0.25, 0.3) is 5.91 Å². The van der Waals surface area contributed by atoms with Gasteiger partial charge in [-0.1, -0.05) is 11.6 Å². The largest absolute Gasteiger partial charge is 0.454 e. The number of hydrogen-bond acceptors (Lipinski definition) is 5. The molecule has 0 spiro atoms. The zero-order chi connectivity index (χ0) is 18.8. The molecule has 1 aromatic heterocycles. The fourth-order valence-electron chi connectivity index (χ4n) is 2.51. The van der Waals surface area contributed by atoms with Crippen LogP contribution in [0, 0.1) is 5.82 Å². The monoisotopic (exact) mass is 385 g/mol. The minimum absolute atomic E-state index is 0.0283. The predicted octanol–water partition coefficient (Wildman–Crippen LogP) is 4.60. The van der Waals surface area contributed by atoms with Crippen LogP contribution in [0.2, 0.25) is 5.02 Å². The summed E-state index contributed by atoms with van der Waals surface area (Å²) in [6.07, 6.45) is 1.55. The number of fused-ring (bicyclic) bond motifs is 1. The summed E-state index contributed by atoms with van der Waals surface area (Å²) in [5, 5.41) is 5.80. The molecule has 2 heterocycles. The van der Waals surface area contributed by atoms with Gasteiger partial charge in [0.05, 0.1) is 16.9 Å². The fraction of sp³-hybridized carbons (Fsp3) is 0.0526. The van der Waals surface area contributed by atoms with Gasteiger partial charge < -0.3 is 20.1 Å². The highest BCUT2D eigenvalue weighted by atomic mass is 35.5. The molecule has 0 atom stereocenters. The van der Waals surface area contributed by atoms with E-state index < -0.39 is 5.82 Å². The van der Waals surface area contributed by atoms with Crippen LogP contribution >= 0.6 is 11.6 Å². The zero-order valence-corrected chi connectivity index (χ0v) is 14.6. The molecule has 1 aliphatic heterocycles. The first-order valence-corrected chi connectivity index (χ1v) is 8.35. The summed E-state index contributed by atoms with van der Waals surface area (Å²) < 4.78 is 23.7. The van der Waals surface area contributed by atoms with Crippen LogP contribution < -0.4 is 20.1 Å². The summed E-state index contributed by atoms with van der Waals surface area (Å²) in [6.45, 7) is 0.149. The van der Waals surface area contributed by atoms with Gasteiger partial charge in [-0.25, -0.2) is 9.37 Å². The molecule has 2 N–H and O–H groups in total. The Hall–Kier alpha value is -3.32. The van der Waals surface area contributed by atoms with Crippen LogP contribution in [0.25, 0.3) is 0 Å². The van der Waals surface area contributed by atoms with Crippen LogP contribution in [-0.2, 0) is 0 Å². The number of pyridine rings is 1. The van der Waals surface area contributed by atoms with Crippen molar-refractivity contribution >= 4 is 34.7 Å². The van der Waals surface area contributed by atoms with Gasteiger partial charge in [0, 0.05) is 11.3 Å². The highest BCUT2D eigenvalue weighted by Crippen LogP contribution is 2.32. The van der Waals surface area contributed by atoms with Crippen molar-refractivity contribution in [2.24, 2.45) is 0 Å². The second-order valence-electron chi connectivity index (χ2n) is 5.71. The normalized spacial score (nSPS) is 11.9. The molecular weight excluding hydrogens is 373 g/mol. The molecule has 136 valence electrons. The van der Waals surface area contributed by atoms with Crippen molar-refractivity contribution in [3.05, 3.63) is 71.1 Å². The number of benzene rings is 2. The lowest BCUT2D eigenvalue weighted by atomic mass is 10.2. The number of nitrogens with zero attached hydrogens (tertiary/aromatic N) is 1. The molecule has 27 heavy (non-hydrogen) atoms. The maximum absolute atomic E-state index is 13.2. The fourth-order valence-corrected chi connectivity index (χ4v) is 2.69. The third-order valence-corrected chi connectivity index (χ3v) is 4.14. The Balaban J connectivity index is 1.43. The van der Waals surface area contributed by atoms with Crippen molar-refractivity contribution in [1.82, 2.24) is 4.98 Å². The van der Waals surface area contributed by atoms with Gasteiger partial charge in [-0.05, 0) is 48.5 Å². The maximum atomic E-state index is 13.2. The predicted molar refractivity (Wildman–Crippen MR) is 99.4 cm³/mol. The standard InChI is InChI=1S/C19H13ClFN3O3/c20-14-8-12(2-4-15(14)21)23-13-3-6-18(22-9-13)24-19(25)11-1-5-16-17(7-11)27-10-26-16/h1-9,23H,10H2,(H,22,24,25). The van der Waals surface area contributed by atoms with E-state index >= 15 is 0 Å². The number of halogens is 2. The first-order valence-electron chi connectivity index (χ1n) is 7.97. The number of nitrogens with one attached hydrogen (secondary N) is 2. The number of amides is 1. The molecule has 0 saturated heterocycles. The van der Waals surface area contributed by atoms with Gasteiger partial charge >= 0.3 is 0 Å². The first kappa shape index (κ1) is 17.1. The number of rotatable bonds is 4. The average Bonchev–Trinajstić information content (AvgIpc) is 3.14. The molecule has 0 bridgehead atoms. The van der Waals surface area contributed by atoms with Gasteiger partial charge in [0.15, 0.2) is 11.5 Å². The topological polar surface area (TPSA) is 72.5 Å². The molecule has 1 amide bonds. The first-order chi connectivity index (χ1) is 13.1. The van der Waals surface area contributed by atoms with Crippen molar-refractivity contribution in [3.8, 4) is 11.5 Å². The molecule has 0 saturated carbocycles. The highest BCUT2D eigenvalue weighted by Gasteiger charge is 2.16.